The number of nitrogens with zero attached hydrogens (tertiary/aromatic N) is 3. The Balaban J connectivity index is 2.49. The molecule has 2 aromatic heterocycles. The molecule has 7 heteroatoms. The minimum absolute atomic E-state index is 0.176. The first kappa shape index (κ1) is 12.2. The van der Waals surface area contributed by atoms with Crippen molar-refractivity contribution in [3.8, 4) is 5.82 Å². The topological polar surface area (TPSA) is 99.8 Å². The summed E-state index contributed by atoms with van der Waals surface area (Å²) < 4.78 is 1.45. The van der Waals surface area contributed by atoms with Crippen molar-refractivity contribution >= 4 is 23.1 Å². The Morgan fingerprint density at radius 3 is 2.67 bits per heavy atom. The monoisotopic (exact) mass is 261 g/mol. The first-order chi connectivity index (χ1) is 8.47. The third-order valence-electron chi connectivity index (χ3n) is 2.30. The molecule has 0 saturated heterocycles. The number of aryl methyl sites for hydroxylation is 1. The number of amides is 1. The normalized spacial score (nSPS) is 10.3. The third kappa shape index (κ3) is 2.35. The molecule has 2 heterocycles. The Morgan fingerprint density at radius 1 is 1.39 bits per heavy atom. The van der Waals surface area contributed by atoms with Gasteiger partial charge >= 0.3 is 0 Å². The van der Waals surface area contributed by atoms with Crippen molar-refractivity contribution in [1.29, 1.82) is 0 Å². The number of thiocarbonyl (C=S) groups is 1. The van der Waals surface area contributed by atoms with Crippen LogP contribution in [0.5, 0.6) is 0 Å². The first-order valence-electron chi connectivity index (χ1n) is 5.11. The lowest BCUT2D eigenvalue weighted by atomic mass is 10.2. The van der Waals surface area contributed by atoms with Gasteiger partial charge in [-0.15, -0.1) is 0 Å². The molecule has 0 saturated carbocycles. The summed E-state index contributed by atoms with van der Waals surface area (Å²) >= 11 is 4.92. The van der Waals surface area contributed by atoms with E-state index in [2.05, 4.69) is 10.1 Å². The molecular formula is C11H11N5OS. The second kappa shape index (κ2) is 4.53. The summed E-state index contributed by atoms with van der Waals surface area (Å²) in [5, 5.41) is 4.02. The van der Waals surface area contributed by atoms with Gasteiger partial charge in [0.15, 0.2) is 5.82 Å². The van der Waals surface area contributed by atoms with Crippen LogP contribution in [0.25, 0.3) is 5.82 Å². The van der Waals surface area contributed by atoms with E-state index >= 15 is 0 Å². The van der Waals surface area contributed by atoms with Crippen LogP contribution in [0.15, 0.2) is 24.4 Å². The highest BCUT2D eigenvalue weighted by Crippen LogP contribution is 2.10. The number of aromatic nitrogens is 3. The number of pyridine rings is 1. The summed E-state index contributed by atoms with van der Waals surface area (Å²) in [7, 11) is 0. The number of hydrogen-bond acceptors (Lipinski definition) is 4. The van der Waals surface area contributed by atoms with Crippen LogP contribution in [0.3, 0.4) is 0 Å². The van der Waals surface area contributed by atoms with E-state index in [0.717, 1.165) is 5.69 Å². The van der Waals surface area contributed by atoms with Crippen molar-refractivity contribution in [3.63, 3.8) is 0 Å². The average molecular weight is 261 g/mol. The molecule has 0 aliphatic carbocycles. The summed E-state index contributed by atoms with van der Waals surface area (Å²) in [6.07, 6.45) is 1.60. The molecule has 0 bridgehead atoms. The quantitative estimate of drug-likeness (QED) is 0.774. The van der Waals surface area contributed by atoms with Gasteiger partial charge in [0.1, 0.15) is 10.7 Å². The van der Waals surface area contributed by atoms with Crippen LogP contribution in [-0.2, 0) is 0 Å². The standard InChI is InChI=1S/C11H11N5OS/c1-6-4-7(11(13)18)5-9(14-6)16-3-2-8(15-16)10(12)17/h2-5H,1H3,(H2,12,17)(H2,13,18). The minimum Gasteiger partial charge on any atom is -0.389 e. The zero-order valence-electron chi connectivity index (χ0n) is 9.62. The summed E-state index contributed by atoms with van der Waals surface area (Å²) in [4.78, 5) is 15.5. The van der Waals surface area contributed by atoms with Gasteiger partial charge in [-0.25, -0.2) is 9.67 Å². The van der Waals surface area contributed by atoms with Crippen molar-refractivity contribution in [2.45, 2.75) is 6.92 Å². The molecular weight excluding hydrogens is 250 g/mol. The number of carbonyl (C=O) groups excluding carboxylic acids is 1. The zero-order chi connectivity index (χ0) is 13.3. The summed E-state index contributed by atoms with van der Waals surface area (Å²) in [6, 6.07) is 5.00. The molecule has 4 N–H and O–H groups in total. The predicted octanol–water partition coefficient (Wildman–Crippen LogP) is 0.309. The van der Waals surface area contributed by atoms with Gasteiger partial charge in [-0.1, -0.05) is 12.2 Å². The smallest absolute Gasteiger partial charge is 0.269 e. The number of nitrogens with two attached hydrogens (primary N) is 2. The Bertz CT molecular complexity index is 634. The highest BCUT2D eigenvalue weighted by atomic mass is 32.1. The molecule has 0 atom stereocenters. The van der Waals surface area contributed by atoms with Gasteiger partial charge in [-0.2, -0.15) is 5.10 Å². The molecule has 92 valence electrons. The second-order valence-electron chi connectivity index (χ2n) is 3.73. The van der Waals surface area contributed by atoms with Crippen LogP contribution in [0.4, 0.5) is 0 Å². The van der Waals surface area contributed by atoms with E-state index in [-0.39, 0.29) is 10.7 Å². The first-order valence-corrected chi connectivity index (χ1v) is 5.52. The molecule has 0 aliphatic heterocycles. The van der Waals surface area contributed by atoms with E-state index in [9.17, 15) is 4.79 Å². The molecule has 6 nitrogen and oxygen atoms in total. The van der Waals surface area contributed by atoms with E-state index in [1.54, 1.807) is 18.3 Å². The maximum atomic E-state index is 11.0. The van der Waals surface area contributed by atoms with Gasteiger partial charge in [0.2, 0.25) is 0 Å². The van der Waals surface area contributed by atoms with Gasteiger partial charge in [-0.05, 0) is 25.1 Å². The van der Waals surface area contributed by atoms with Gasteiger partial charge in [-0.3, -0.25) is 4.79 Å². The van der Waals surface area contributed by atoms with Gasteiger partial charge in [0.25, 0.3) is 5.91 Å². The van der Waals surface area contributed by atoms with Gasteiger partial charge < -0.3 is 11.5 Å². The molecule has 0 aromatic carbocycles. The Hall–Kier alpha value is -2.28. The van der Waals surface area contributed by atoms with Crippen molar-refractivity contribution < 1.29 is 4.79 Å². The lowest BCUT2D eigenvalue weighted by Crippen LogP contribution is -2.14. The molecule has 0 fully saturated rings. The van der Waals surface area contributed by atoms with Crippen molar-refractivity contribution in [2.75, 3.05) is 0 Å². The lowest BCUT2D eigenvalue weighted by molar-refractivity contribution is 0.0995. The van der Waals surface area contributed by atoms with Crippen LogP contribution >= 0.6 is 12.2 Å². The second-order valence-corrected chi connectivity index (χ2v) is 4.17. The Labute approximate surface area is 109 Å². The van der Waals surface area contributed by atoms with E-state index in [1.165, 1.54) is 10.7 Å². The molecule has 1 amide bonds. The summed E-state index contributed by atoms with van der Waals surface area (Å²) in [5.41, 5.74) is 12.4. The van der Waals surface area contributed by atoms with Crippen LogP contribution < -0.4 is 11.5 Å². The lowest BCUT2D eigenvalue weighted by Gasteiger charge is -2.05. The van der Waals surface area contributed by atoms with E-state index < -0.39 is 5.91 Å². The molecule has 18 heavy (non-hydrogen) atoms. The molecule has 0 radical (unpaired) electrons. The van der Waals surface area contributed by atoms with Gasteiger partial charge in [0.05, 0.1) is 0 Å². The van der Waals surface area contributed by atoms with Crippen molar-refractivity contribution in [2.24, 2.45) is 11.5 Å². The van der Waals surface area contributed by atoms with Crippen LogP contribution in [0.2, 0.25) is 0 Å². The fraction of sp³-hybridized carbons (Fsp3) is 0.0909. The van der Waals surface area contributed by atoms with E-state index in [0.29, 0.717) is 11.4 Å². The Kier molecular flexibility index (Phi) is 3.07. The maximum absolute atomic E-state index is 11.0. The molecule has 0 spiro atoms. The predicted molar refractivity (Wildman–Crippen MR) is 70.5 cm³/mol. The molecule has 0 aliphatic rings. The number of primary amides is 1. The van der Waals surface area contributed by atoms with Crippen LogP contribution in [0.1, 0.15) is 21.7 Å². The maximum Gasteiger partial charge on any atom is 0.269 e. The third-order valence-corrected chi connectivity index (χ3v) is 2.54. The van der Waals surface area contributed by atoms with Gasteiger partial charge in [0, 0.05) is 17.5 Å². The SMILES string of the molecule is Cc1cc(C(N)=S)cc(-n2ccc(C(N)=O)n2)n1. The minimum atomic E-state index is -0.587. The highest BCUT2D eigenvalue weighted by Gasteiger charge is 2.08. The number of hydrogen-bond donors (Lipinski definition) is 2. The molecule has 0 unspecified atom stereocenters. The number of rotatable bonds is 3. The molecule has 2 aromatic rings. The molecule has 2 rings (SSSR count). The van der Waals surface area contributed by atoms with E-state index in [1.807, 2.05) is 6.92 Å². The number of carbonyl (C=O) groups is 1. The fourth-order valence-electron chi connectivity index (χ4n) is 1.49. The van der Waals surface area contributed by atoms with Crippen LogP contribution in [0, 0.1) is 6.92 Å². The fourth-order valence-corrected chi connectivity index (χ4v) is 1.61. The average Bonchev–Trinajstić information content (AvgIpc) is 2.77. The van der Waals surface area contributed by atoms with Crippen molar-refractivity contribution in [1.82, 2.24) is 14.8 Å². The van der Waals surface area contributed by atoms with Crippen molar-refractivity contribution in [3.05, 3.63) is 41.3 Å². The van der Waals surface area contributed by atoms with E-state index in [4.69, 9.17) is 23.7 Å². The summed E-state index contributed by atoms with van der Waals surface area (Å²) in [6.45, 7) is 1.82. The Morgan fingerprint density at radius 2 is 2.11 bits per heavy atom. The largest absolute Gasteiger partial charge is 0.389 e. The van der Waals surface area contributed by atoms with Crippen LogP contribution in [-0.4, -0.2) is 25.7 Å². The highest BCUT2D eigenvalue weighted by molar-refractivity contribution is 7.80. The zero-order valence-corrected chi connectivity index (χ0v) is 10.4. The summed E-state index contributed by atoms with van der Waals surface area (Å²) in [5.74, 6) is -0.0544.